The number of ether oxygens (including phenoxy) is 1. The third-order valence-corrected chi connectivity index (χ3v) is 8.94. The van der Waals surface area contributed by atoms with E-state index < -0.39 is 35.0 Å². The normalized spacial score (nSPS) is 23.5. The minimum atomic E-state index is -1.43. The molecule has 208 valence electrons. The Bertz CT molecular complexity index is 1800. The first kappa shape index (κ1) is 25.9. The maximum atomic E-state index is 14.7. The predicted molar refractivity (Wildman–Crippen MR) is 158 cm³/mol. The number of para-hydroxylation sites is 2. The number of fused-ring (bicyclic) bond motifs is 6. The van der Waals surface area contributed by atoms with Gasteiger partial charge in [0.25, 0.3) is 0 Å². The molecular weight excluding hydrogens is 531 g/mol. The van der Waals surface area contributed by atoms with Crippen molar-refractivity contribution in [1.82, 2.24) is 0 Å². The SMILES string of the molecule is COc1ccc(C(=O)C2C(C(=O)c3ccc(F)cc3)C3(C(=O)Nc4ccccc43)C3C=C(C)c4ccccc4N23)cc1. The quantitative estimate of drug-likeness (QED) is 0.301. The lowest BCUT2D eigenvalue weighted by atomic mass is 9.64. The average Bonchev–Trinajstić information content (AvgIpc) is 3.49. The average molecular weight is 559 g/mol. The van der Waals surface area contributed by atoms with E-state index in [1.54, 1.807) is 31.4 Å². The van der Waals surface area contributed by atoms with E-state index in [0.717, 1.165) is 16.8 Å². The van der Waals surface area contributed by atoms with Crippen LogP contribution in [0.25, 0.3) is 5.57 Å². The summed E-state index contributed by atoms with van der Waals surface area (Å²) in [5.41, 5.74) is 3.14. The largest absolute Gasteiger partial charge is 0.497 e. The fraction of sp³-hybridized carbons (Fsp3) is 0.171. The van der Waals surface area contributed by atoms with Crippen LogP contribution in [0.15, 0.2) is 103 Å². The van der Waals surface area contributed by atoms with Gasteiger partial charge in [-0.2, -0.15) is 0 Å². The molecule has 1 saturated heterocycles. The van der Waals surface area contributed by atoms with Gasteiger partial charge in [0.05, 0.1) is 19.1 Å². The van der Waals surface area contributed by atoms with Crippen LogP contribution >= 0.6 is 0 Å². The second-order valence-corrected chi connectivity index (χ2v) is 11.0. The molecule has 7 heteroatoms. The summed E-state index contributed by atoms with van der Waals surface area (Å²) in [6.07, 6.45) is 2.01. The molecule has 6 nitrogen and oxygen atoms in total. The number of amides is 1. The molecule has 42 heavy (non-hydrogen) atoms. The summed E-state index contributed by atoms with van der Waals surface area (Å²) in [7, 11) is 1.55. The minimum Gasteiger partial charge on any atom is -0.497 e. The Balaban J connectivity index is 1.53. The summed E-state index contributed by atoms with van der Waals surface area (Å²) in [6, 6.07) is 25.5. The highest BCUT2D eigenvalue weighted by Gasteiger charge is 2.70. The Labute approximate surface area is 242 Å². The molecule has 3 aliphatic rings. The number of halogens is 1. The van der Waals surface area contributed by atoms with Crippen molar-refractivity contribution in [2.45, 2.75) is 24.4 Å². The van der Waals surface area contributed by atoms with Gasteiger partial charge >= 0.3 is 0 Å². The number of hydrogen-bond donors (Lipinski definition) is 1. The van der Waals surface area contributed by atoms with Crippen LogP contribution in [0.3, 0.4) is 0 Å². The summed E-state index contributed by atoms with van der Waals surface area (Å²) >= 11 is 0. The molecule has 7 rings (SSSR count). The molecule has 0 radical (unpaired) electrons. The van der Waals surface area contributed by atoms with Gasteiger partial charge in [0.15, 0.2) is 11.6 Å². The zero-order chi connectivity index (χ0) is 29.2. The third kappa shape index (κ3) is 3.52. The minimum absolute atomic E-state index is 0.235. The van der Waals surface area contributed by atoms with Gasteiger partial charge in [0, 0.05) is 28.1 Å². The zero-order valence-electron chi connectivity index (χ0n) is 23.0. The van der Waals surface area contributed by atoms with Crippen LogP contribution in [0.2, 0.25) is 0 Å². The van der Waals surface area contributed by atoms with Crippen molar-refractivity contribution in [3.63, 3.8) is 0 Å². The van der Waals surface area contributed by atoms with E-state index in [0.29, 0.717) is 22.6 Å². The number of hydrogen-bond acceptors (Lipinski definition) is 5. The van der Waals surface area contributed by atoms with E-state index in [2.05, 4.69) is 5.32 Å². The number of allylic oxidation sites excluding steroid dienone is 1. The molecular formula is C35H27FN2O4. The summed E-state index contributed by atoms with van der Waals surface area (Å²) in [5, 5.41) is 3.03. The second-order valence-electron chi connectivity index (χ2n) is 11.0. The van der Waals surface area contributed by atoms with Gasteiger partial charge in [-0.3, -0.25) is 14.4 Å². The maximum Gasteiger partial charge on any atom is 0.238 e. The number of anilines is 2. The van der Waals surface area contributed by atoms with Crippen LogP contribution in [0.4, 0.5) is 15.8 Å². The molecule has 3 heterocycles. The molecule has 1 amide bonds. The first-order valence-electron chi connectivity index (χ1n) is 13.8. The van der Waals surface area contributed by atoms with Crippen molar-refractivity contribution < 1.29 is 23.5 Å². The molecule has 3 aliphatic heterocycles. The molecule has 1 spiro atoms. The molecule has 4 aromatic rings. The van der Waals surface area contributed by atoms with Crippen LogP contribution in [0.1, 0.15) is 38.8 Å². The molecule has 4 unspecified atom stereocenters. The fourth-order valence-electron chi connectivity index (χ4n) is 7.11. The number of methoxy groups -OCH3 is 1. The van der Waals surface area contributed by atoms with Gasteiger partial charge in [-0.05, 0) is 78.7 Å². The first-order chi connectivity index (χ1) is 20.4. The van der Waals surface area contributed by atoms with Crippen molar-refractivity contribution in [3.05, 3.63) is 131 Å². The standard InChI is InChI=1S/C35H27FN2O4/c1-20-19-29-35(26-8-4-5-9-27(26)37-34(35)41)30(32(39)21-11-15-23(36)16-12-21)31(38(29)28-10-6-3-7-25(20)28)33(40)22-13-17-24(42-2)18-14-22/h3-19,29-31H,1-2H3,(H,37,41). The lowest BCUT2D eigenvalue weighted by Crippen LogP contribution is -2.51. The number of carbonyl (C=O) groups excluding carboxylic acids is 3. The Morgan fingerprint density at radius 1 is 0.857 bits per heavy atom. The third-order valence-electron chi connectivity index (χ3n) is 8.94. The molecule has 0 saturated carbocycles. The van der Waals surface area contributed by atoms with Gasteiger partial charge in [-0.25, -0.2) is 4.39 Å². The van der Waals surface area contributed by atoms with Crippen molar-refractivity contribution in [3.8, 4) is 5.75 Å². The highest BCUT2D eigenvalue weighted by atomic mass is 19.1. The summed E-state index contributed by atoms with van der Waals surface area (Å²) in [6.45, 7) is 1.98. The first-order valence-corrected chi connectivity index (χ1v) is 13.8. The van der Waals surface area contributed by atoms with E-state index in [4.69, 9.17) is 4.74 Å². The molecule has 0 bridgehead atoms. The predicted octanol–water partition coefficient (Wildman–Crippen LogP) is 6.08. The van der Waals surface area contributed by atoms with Crippen LogP contribution in [0, 0.1) is 11.7 Å². The number of nitrogens with zero attached hydrogens (tertiary/aromatic N) is 1. The van der Waals surface area contributed by atoms with Crippen molar-refractivity contribution in [2.75, 3.05) is 17.3 Å². The number of nitrogens with one attached hydrogen (secondary N) is 1. The molecule has 1 fully saturated rings. The topological polar surface area (TPSA) is 75.7 Å². The van der Waals surface area contributed by atoms with Crippen molar-refractivity contribution >= 4 is 34.4 Å². The molecule has 4 aromatic carbocycles. The van der Waals surface area contributed by atoms with Gasteiger partial charge in [0.1, 0.15) is 23.0 Å². The van der Waals surface area contributed by atoms with E-state index in [9.17, 15) is 18.8 Å². The number of ketones is 2. The second kappa shape index (κ2) is 9.52. The van der Waals surface area contributed by atoms with Crippen molar-refractivity contribution in [1.29, 1.82) is 0 Å². The van der Waals surface area contributed by atoms with E-state index in [1.807, 2.05) is 66.4 Å². The molecule has 0 aliphatic carbocycles. The Morgan fingerprint density at radius 3 is 2.24 bits per heavy atom. The highest BCUT2D eigenvalue weighted by Crippen LogP contribution is 2.58. The number of carbonyl (C=O) groups is 3. The summed E-state index contributed by atoms with van der Waals surface area (Å²) < 4.78 is 19.3. The van der Waals surface area contributed by atoms with Crippen LogP contribution in [-0.4, -0.2) is 36.7 Å². The zero-order valence-corrected chi connectivity index (χ0v) is 23.0. The van der Waals surface area contributed by atoms with E-state index in [1.165, 1.54) is 24.3 Å². The summed E-state index contributed by atoms with van der Waals surface area (Å²) in [4.78, 5) is 45.8. The monoisotopic (exact) mass is 558 g/mol. The maximum absolute atomic E-state index is 14.7. The fourth-order valence-corrected chi connectivity index (χ4v) is 7.11. The van der Waals surface area contributed by atoms with Crippen LogP contribution in [-0.2, 0) is 10.2 Å². The number of rotatable bonds is 5. The van der Waals surface area contributed by atoms with Gasteiger partial charge in [0.2, 0.25) is 5.91 Å². The highest BCUT2D eigenvalue weighted by molar-refractivity contribution is 6.18. The Hall–Kier alpha value is -5.04. The van der Waals surface area contributed by atoms with E-state index >= 15 is 0 Å². The summed E-state index contributed by atoms with van der Waals surface area (Å²) in [5.74, 6) is -2.04. The van der Waals surface area contributed by atoms with E-state index in [-0.39, 0.29) is 17.3 Å². The van der Waals surface area contributed by atoms with Crippen LogP contribution < -0.4 is 15.0 Å². The van der Waals surface area contributed by atoms with Gasteiger partial charge in [-0.15, -0.1) is 0 Å². The lowest BCUT2D eigenvalue weighted by Gasteiger charge is -2.39. The number of Topliss-reactive ketones (excluding diaryl/α,β-unsaturated/α-hetero) is 2. The van der Waals surface area contributed by atoms with Crippen molar-refractivity contribution in [2.24, 2.45) is 5.92 Å². The molecule has 1 N–H and O–H groups in total. The smallest absolute Gasteiger partial charge is 0.238 e. The molecule has 4 atom stereocenters. The Kier molecular flexibility index (Phi) is 5.87. The molecule has 0 aromatic heterocycles. The lowest BCUT2D eigenvalue weighted by molar-refractivity contribution is -0.121. The van der Waals surface area contributed by atoms with Gasteiger partial charge in [-0.1, -0.05) is 42.5 Å². The van der Waals surface area contributed by atoms with Crippen LogP contribution in [0.5, 0.6) is 5.75 Å². The number of benzene rings is 4. The Morgan fingerprint density at radius 2 is 1.50 bits per heavy atom. The van der Waals surface area contributed by atoms with Gasteiger partial charge < -0.3 is 15.0 Å².